The largest absolute Gasteiger partial charge is 0.457 e. The van der Waals surface area contributed by atoms with Gasteiger partial charge in [0.05, 0.1) is 0 Å². The smallest absolute Gasteiger partial charge is 0.352 e. The van der Waals surface area contributed by atoms with Crippen LogP contribution in [0.3, 0.4) is 0 Å². The molecule has 1 aliphatic rings. The summed E-state index contributed by atoms with van der Waals surface area (Å²) in [6, 6.07) is 8.72. The normalized spacial score (nSPS) is 17.3. The molecule has 0 spiro atoms. The van der Waals surface area contributed by atoms with Crippen LogP contribution >= 0.6 is 0 Å². The van der Waals surface area contributed by atoms with Crippen molar-refractivity contribution in [1.82, 2.24) is 4.90 Å². The molecule has 0 radical (unpaired) electrons. The van der Waals surface area contributed by atoms with Gasteiger partial charge < -0.3 is 4.74 Å². The molecule has 0 unspecified atom stereocenters. The summed E-state index contributed by atoms with van der Waals surface area (Å²) in [7, 11) is -3.90. The Morgan fingerprint density at radius 3 is 2.30 bits per heavy atom. The Balaban J connectivity index is 2.09. The molecule has 2 rings (SSSR count). The summed E-state index contributed by atoms with van der Waals surface area (Å²) in [4.78, 5) is 13.9. The van der Waals surface area contributed by atoms with Crippen molar-refractivity contribution in [3.63, 3.8) is 0 Å². The molecule has 128 valence electrons. The van der Waals surface area contributed by atoms with Crippen LogP contribution in [-0.2, 0) is 29.6 Å². The molecule has 1 aliphatic heterocycles. The summed E-state index contributed by atoms with van der Waals surface area (Å²) in [5.74, 6) is -0.949. The van der Waals surface area contributed by atoms with E-state index in [1.807, 2.05) is 0 Å². The number of hydrogen-bond donors (Lipinski definition) is 0. The maximum absolute atomic E-state index is 12.3. The molecule has 0 amide bonds. The average molecular weight is 341 g/mol. The lowest BCUT2D eigenvalue weighted by Crippen LogP contribution is -2.52. The third-order valence-electron chi connectivity index (χ3n) is 3.25. The van der Waals surface area contributed by atoms with E-state index in [-0.39, 0.29) is 5.75 Å². The Bertz CT molecular complexity index is 632. The lowest BCUT2D eigenvalue weighted by Gasteiger charge is -2.36. The average Bonchev–Trinajstić information content (AvgIpc) is 2.34. The zero-order chi connectivity index (χ0) is 17.1. The molecule has 1 aromatic carbocycles. The predicted octanol–water partition coefficient (Wildman–Crippen LogP) is 1.91. The van der Waals surface area contributed by atoms with E-state index in [4.69, 9.17) is 8.92 Å². The molecule has 0 aromatic heterocycles. The van der Waals surface area contributed by atoms with E-state index in [0.29, 0.717) is 18.7 Å². The van der Waals surface area contributed by atoms with Crippen LogP contribution in [0.4, 0.5) is 0 Å². The standard InChI is InChI=1S/C16H23NO5S/c1-16(2,3)21-15(18)14(17-10-7-11-17)22-23(19,20)12-13-8-5-4-6-9-13/h4-6,8-9,14H,7,10-12H2,1-3H3/t14-/m0/s1. The van der Waals surface area contributed by atoms with E-state index >= 15 is 0 Å². The molecule has 7 heteroatoms. The van der Waals surface area contributed by atoms with Crippen LogP contribution in [-0.4, -0.2) is 44.2 Å². The quantitative estimate of drug-likeness (QED) is 0.581. The maximum Gasteiger partial charge on any atom is 0.352 e. The monoisotopic (exact) mass is 341 g/mol. The number of ether oxygens (including phenoxy) is 1. The van der Waals surface area contributed by atoms with Crippen LogP contribution in [0.5, 0.6) is 0 Å². The van der Waals surface area contributed by atoms with Crippen LogP contribution in [0.1, 0.15) is 32.8 Å². The Morgan fingerprint density at radius 1 is 1.22 bits per heavy atom. The Kier molecular flexibility index (Phi) is 5.44. The third-order valence-corrected chi connectivity index (χ3v) is 4.42. The Hall–Kier alpha value is -1.44. The van der Waals surface area contributed by atoms with E-state index in [1.165, 1.54) is 0 Å². The summed E-state index contributed by atoms with van der Waals surface area (Å²) in [5.41, 5.74) is -0.0914. The Morgan fingerprint density at radius 2 is 1.83 bits per heavy atom. The minimum atomic E-state index is -3.90. The summed E-state index contributed by atoms with van der Waals surface area (Å²) in [6.07, 6.45) is -0.307. The van der Waals surface area contributed by atoms with Crippen LogP contribution < -0.4 is 0 Å². The van der Waals surface area contributed by atoms with Crippen LogP contribution in [0, 0.1) is 0 Å². The number of hydrogen-bond acceptors (Lipinski definition) is 6. The predicted molar refractivity (Wildman–Crippen MR) is 86.0 cm³/mol. The van der Waals surface area contributed by atoms with E-state index in [9.17, 15) is 13.2 Å². The van der Waals surface area contributed by atoms with Crippen LogP contribution in [0.2, 0.25) is 0 Å². The highest BCUT2D eigenvalue weighted by Crippen LogP contribution is 2.20. The minimum absolute atomic E-state index is 0.277. The molecular weight excluding hydrogens is 318 g/mol. The van der Waals surface area contributed by atoms with Crippen molar-refractivity contribution in [2.75, 3.05) is 13.1 Å². The number of carbonyl (C=O) groups excluding carboxylic acids is 1. The van der Waals surface area contributed by atoms with Gasteiger partial charge in [-0.05, 0) is 32.8 Å². The van der Waals surface area contributed by atoms with Gasteiger partial charge in [-0.15, -0.1) is 0 Å². The molecule has 0 N–H and O–H groups in total. The van der Waals surface area contributed by atoms with Crippen molar-refractivity contribution in [3.05, 3.63) is 35.9 Å². The molecule has 0 saturated carbocycles. The Labute approximate surface area is 137 Å². The van der Waals surface area contributed by atoms with Gasteiger partial charge in [0.15, 0.2) is 0 Å². The molecule has 1 heterocycles. The molecule has 1 aromatic rings. The highest BCUT2D eigenvalue weighted by atomic mass is 32.2. The number of likely N-dealkylation sites (tertiary alicyclic amines) is 1. The number of esters is 1. The van der Waals surface area contributed by atoms with Crippen molar-refractivity contribution in [2.45, 2.75) is 44.8 Å². The molecule has 1 fully saturated rings. The first-order valence-corrected chi connectivity index (χ1v) is 9.16. The summed E-state index contributed by atoms with van der Waals surface area (Å²) in [5, 5.41) is 0. The molecule has 1 saturated heterocycles. The van der Waals surface area contributed by atoms with Gasteiger partial charge in [0.1, 0.15) is 11.4 Å². The van der Waals surface area contributed by atoms with Crippen molar-refractivity contribution < 1.29 is 22.1 Å². The van der Waals surface area contributed by atoms with Gasteiger partial charge in [-0.2, -0.15) is 8.42 Å². The topological polar surface area (TPSA) is 72.9 Å². The molecule has 23 heavy (non-hydrogen) atoms. The number of rotatable bonds is 6. The summed E-state index contributed by atoms with van der Waals surface area (Å²) >= 11 is 0. The van der Waals surface area contributed by atoms with E-state index in [0.717, 1.165) is 6.42 Å². The van der Waals surface area contributed by atoms with Gasteiger partial charge in [-0.1, -0.05) is 30.3 Å². The highest BCUT2D eigenvalue weighted by Gasteiger charge is 2.37. The van der Waals surface area contributed by atoms with E-state index in [2.05, 4.69) is 0 Å². The fraction of sp³-hybridized carbons (Fsp3) is 0.562. The number of carbonyl (C=O) groups is 1. The second-order valence-electron chi connectivity index (χ2n) is 6.56. The van der Waals surface area contributed by atoms with Gasteiger partial charge in [0.25, 0.3) is 10.1 Å². The van der Waals surface area contributed by atoms with Crippen molar-refractivity contribution in [2.24, 2.45) is 0 Å². The zero-order valence-electron chi connectivity index (χ0n) is 13.7. The van der Waals surface area contributed by atoms with Gasteiger partial charge in [0, 0.05) is 13.1 Å². The van der Waals surface area contributed by atoms with Gasteiger partial charge in [-0.3, -0.25) is 4.90 Å². The van der Waals surface area contributed by atoms with Crippen molar-refractivity contribution in [1.29, 1.82) is 0 Å². The van der Waals surface area contributed by atoms with Gasteiger partial charge >= 0.3 is 5.97 Å². The number of nitrogens with zero attached hydrogens (tertiary/aromatic N) is 1. The molecule has 0 bridgehead atoms. The second-order valence-corrected chi connectivity index (χ2v) is 8.16. The van der Waals surface area contributed by atoms with E-state index < -0.39 is 27.9 Å². The molecule has 1 atom stereocenters. The first kappa shape index (κ1) is 17.9. The highest BCUT2D eigenvalue weighted by molar-refractivity contribution is 7.85. The lowest BCUT2D eigenvalue weighted by atomic mass is 10.2. The molecule has 0 aliphatic carbocycles. The summed E-state index contributed by atoms with van der Waals surface area (Å²) < 4.78 is 35.0. The molecular formula is C16H23NO5S. The van der Waals surface area contributed by atoms with Crippen LogP contribution in [0.15, 0.2) is 30.3 Å². The fourth-order valence-electron chi connectivity index (χ4n) is 2.13. The summed E-state index contributed by atoms with van der Waals surface area (Å²) in [6.45, 7) is 6.43. The van der Waals surface area contributed by atoms with Gasteiger partial charge in [-0.25, -0.2) is 8.98 Å². The first-order chi connectivity index (χ1) is 10.7. The third kappa shape index (κ3) is 5.60. The maximum atomic E-state index is 12.3. The van der Waals surface area contributed by atoms with Crippen molar-refractivity contribution in [3.8, 4) is 0 Å². The van der Waals surface area contributed by atoms with Crippen molar-refractivity contribution >= 4 is 16.1 Å². The zero-order valence-corrected chi connectivity index (χ0v) is 14.5. The van der Waals surface area contributed by atoms with Gasteiger partial charge in [0.2, 0.25) is 6.23 Å². The van der Waals surface area contributed by atoms with E-state index in [1.54, 1.807) is 56.0 Å². The van der Waals surface area contributed by atoms with Crippen LogP contribution in [0.25, 0.3) is 0 Å². The number of benzene rings is 1. The first-order valence-electron chi connectivity index (χ1n) is 7.58. The second kappa shape index (κ2) is 6.98. The molecule has 6 nitrogen and oxygen atoms in total. The lowest BCUT2D eigenvalue weighted by molar-refractivity contribution is -0.176. The minimum Gasteiger partial charge on any atom is -0.457 e. The fourth-order valence-corrected chi connectivity index (χ4v) is 3.27. The SMILES string of the molecule is CC(C)(C)OC(=O)[C@H](OS(=O)(=O)Cc1ccccc1)N1CCC1.